The van der Waals surface area contributed by atoms with Gasteiger partial charge in [0.15, 0.2) is 0 Å². The predicted octanol–water partition coefficient (Wildman–Crippen LogP) is 1.27. The van der Waals surface area contributed by atoms with Crippen LogP contribution in [-0.2, 0) is 6.54 Å². The number of rotatable bonds is 3. The highest BCUT2D eigenvalue weighted by atomic mass is 16.3. The largest absolute Gasteiger partial charge is 0.508 e. The van der Waals surface area contributed by atoms with Crippen molar-refractivity contribution in [2.24, 2.45) is 5.73 Å². The maximum atomic E-state index is 9.69. The molecule has 0 aromatic heterocycles. The molecule has 0 saturated heterocycles. The molecule has 3 N–H and O–H groups in total. The summed E-state index contributed by atoms with van der Waals surface area (Å²) in [5, 5.41) is 9.69. The lowest BCUT2D eigenvalue weighted by Gasteiger charge is -2.12. The van der Waals surface area contributed by atoms with Gasteiger partial charge in [-0.25, -0.2) is 0 Å². The van der Waals surface area contributed by atoms with E-state index in [0.717, 1.165) is 18.5 Å². The van der Waals surface area contributed by atoms with Gasteiger partial charge in [0.1, 0.15) is 5.75 Å². The van der Waals surface area contributed by atoms with Gasteiger partial charge in [0.25, 0.3) is 0 Å². The van der Waals surface area contributed by atoms with E-state index >= 15 is 0 Å². The van der Waals surface area contributed by atoms with Gasteiger partial charge in [-0.15, -0.1) is 0 Å². The van der Waals surface area contributed by atoms with Crippen LogP contribution in [0, 0.1) is 0 Å². The lowest BCUT2D eigenvalue weighted by molar-refractivity contribution is 0.385. The Bertz CT molecular complexity index is 363. The fourth-order valence-electron chi connectivity index (χ4n) is 1.90. The Morgan fingerprint density at radius 1 is 1.47 bits per heavy atom. The average Bonchev–Trinajstić information content (AvgIpc) is 2.86. The van der Waals surface area contributed by atoms with Crippen LogP contribution in [0.4, 0.5) is 0 Å². The van der Waals surface area contributed by atoms with Gasteiger partial charge >= 0.3 is 0 Å². The molecule has 2 atom stereocenters. The van der Waals surface area contributed by atoms with Gasteiger partial charge in [-0.2, -0.15) is 0 Å². The van der Waals surface area contributed by atoms with Crippen LogP contribution in [0.15, 0.2) is 18.2 Å². The molecule has 0 radical (unpaired) electrons. The Morgan fingerprint density at radius 3 is 2.67 bits per heavy atom. The molecule has 1 aromatic rings. The Kier molecular flexibility index (Phi) is 2.67. The number of nitrogens with two attached hydrogens (primary N) is 1. The van der Waals surface area contributed by atoms with Crippen molar-refractivity contribution in [1.29, 1.82) is 0 Å². The van der Waals surface area contributed by atoms with Crippen LogP contribution in [-0.4, -0.2) is 30.1 Å². The Labute approximate surface area is 90.5 Å². The SMILES string of the molecule is CN(C)Cc1cc(C2CC2N)ccc1O. The second kappa shape index (κ2) is 3.83. The van der Waals surface area contributed by atoms with E-state index in [1.807, 2.05) is 25.1 Å². The summed E-state index contributed by atoms with van der Waals surface area (Å²) >= 11 is 0. The average molecular weight is 206 g/mol. The number of hydrogen-bond donors (Lipinski definition) is 2. The van der Waals surface area contributed by atoms with Crippen LogP contribution in [0.25, 0.3) is 0 Å². The van der Waals surface area contributed by atoms with Crippen molar-refractivity contribution in [2.75, 3.05) is 14.1 Å². The molecule has 1 fully saturated rings. The zero-order chi connectivity index (χ0) is 11.0. The smallest absolute Gasteiger partial charge is 0.120 e. The first-order chi connectivity index (χ1) is 7.08. The summed E-state index contributed by atoms with van der Waals surface area (Å²) in [5.41, 5.74) is 8.06. The quantitative estimate of drug-likeness (QED) is 0.783. The van der Waals surface area contributed by atoms with Gasteiger partial charge in [0.05, 0.1) is 0 Å². The summed E-state index contributed by atoms with van der Waals surface area (Å²) < 4.78 is 0. The van der Waals surface area contributed by atoms with Crippen molar-refractivity contribution in [3.8, 4) is 5.75 Å². The molecule has 2 unspecified atom stereocenters. The molecule has 1 aliphatic rings. The van der Waals surface area contributed by atoms with E-state index in [9.17, 15) is 5.11 Å². The van der Waals surface area contributed by atoms with Crippen molar-refractivity contribution < 1.29 is 5.11 Å². The second-order valence-electron chi connectivity index (χ2n) is 4.63. The predicted molar refractivity (Wildman–Crippen MR) is 60.8 cm³/mol. The molecule has 0 bridgehead atoms. The summed E-state index contributed by atoms with van der Waals surface area (Å²) in [5.74, 6) is 0.883. The molecule has 0 heterocycles. The van der Waals surface area contributed by atoms with Crippen LogP contribution in [0.5, 0.6) is 5.75 Å². The monoisotopic (exact) mass is 206 g/mol. The van der Waals surface area contributed by atoms with E-state index in [1.165, 1.54) is 5.56 Å². The maximum absolute atomic E-state index is 9.69. The van der Waals surface area contributed by atoms with Gasteiger partial charge in [-0.05, 0) is 32.1 Å². The van der Waals surface area contributed by atoms with Crippen molar-refractivity contribution in [1.82, 2.24) is 4.90 Å². The minimum atomic E-state index is 0.321. The van der Waals surface area contributed by atoms with E-state index in [-0.39, 0.29) is 0 Å². The molecule has 2 rings (SSSR count). The molecule has 3 nitrogen and oxygen atoms in total. The van der Waals surface area contributed by atoms with Crippen molar-refractivity contribution in [3.05, 3.63) is 29.3 Å². The van der Waals surface area contributed by atoms with Crippen LogP contribution in [0.1, 0.15) is 23.5 Å². The number of hydrogen-bond acceptors (Lipinski definition) is 3. The first-order valence-electron chi connectivity index (χ1n) is 5.30. The summed E-state index contributed by atoms with van der Waals surface area (Å²) in [6.07, 6.45) is 1.08. The first-order valence-corrected chi connectivity index (χ1v) is 5.30. The second-order valence-corrected chi connectivity index (χ2v) is 4.63. The third kappa shape index (κ3) is 2.30. The molecular weight excluding hydrogens is 188 g/mol. The van der Waals surface area contributed by atoms with E-state index in [1.54, 1.807) is 6.07 Å². The minimum absolute atomic E-state index is 0.321. The minimum Gasteiger partial charge on any atom is -0.508 e. The molecule has 0 aliphatic heterocycles. The van der Waals surface area contributed by atoms with Crippen molar-refractivity contribution in [2.45, 2.75) is 24.9 Å². The molecule has 1 aliphatic carbocycles. The van der Waals surface area contributed by atoms with E-state index in [4.69, 9.17) is 5.73 Å². The van der Waals surface area contributed by atoms with Gasteiger partial charge < -0.3 is 15.7 Å². The normalized spacial score (nSPS) is 24.5. The maximum Gasteiger partial charge on any atom is 0.120 e. The number of phenolic OH excluding ortho intramolecular Hbond substituents is 1. The summed E-state index contributed by atoms with van der Waals surface area (Å²) in [6, 6.07) is 6.15. The van der Waals surface area contributed by atoms with Crippen LogP contribution >= 0.6 is 0 Å². The molecule has 1 saturated carbocycles. The Morgan fingerprint density at radius 2 is 2.13 bits per heavy atom. The van der Waals surface area contributed by atoms with Crippen LogP contribution in [0.3, 0.4) is 0 Å². The number of benzene rings is 1. The number of nitrogens with zero attached hydrogens (tertiary/aromatic N) is 1. The highest BCUT2D eigenvalue weighted by Crippen LogP contribution is 2.40. The zero-order valence-electron chi connectivity index (χ0n) is 9.27. The van der Waals surface area contributed by atoms with E-state index in [2.05, 4.69) is 6.07 Å². The standard InChI is InChI=1S/C12H18N2O/c1-14(2)7-9-5-8(3-4-12(9)15)10-6-11(10)13/h3-5,10-11,15H,6-7,13H2,1-2H3. The Hall–Kier alpha value is -1.06. The molecular formula is C12H18N2O. The molecule has 3 heteroatoms. The Balaban J connectivity index is 2.21. The fraction of sp³-hybridized carbons (Fsp3) is 0.500. The van der Waals surface area contributed by atoms with Gasteiger partial charge in [-0.3, -0.25) is 0 Å². The van der Waals surface area contributed by atoms with E-state index < -0.39 is 0 Å². The highest BCUT2D eigenvalue weighted by Gasteiger charge is 2.34. The van der Waals surface area contributed by atoms with Crippen molar-refractivity contribution in [3.63, 3.8) is 0 Å². The lowest BCUT2D eigenvalue weighted by atomic mass is 10.1. The van der Waals surface area contributed by atoms with Gasteiger partial charge in [0.2, 0.25) is 0 Å². The van der Waals surface area contributed by atoms with Crippen LogP contribution in [0.2, 0.25) is 0 Å². The van der Waals surface area contributed by atoms with Crippen LogP contribution < -0.4 is 5.73 Å². The third-order valence-electron chi connectivity index (χ3n) is 2.86. The lowest BCUT2D eigenvalue weighted by Crippen LogP contribution is -2.11. The number of aromatic hydroxyl groups is 1. The summed E-state index contributed by atoms with van der Waals surface area (Å²) in [4.78, 5) is 2.05. The molecule has 15 heavy (non-hydrogen) atoms. The number of phenols is 1. The molecule has 82 valence electrons. The molecule has 1 aromatic carbocycles. The zero-order valence-corrected chi connectivity index (χ0v) is 9.27. The van der Waals surface area contributed by atoms with Gasteiger partial charge in [0, 0.05) is 24.1 Å². The van der Waals surface area contributed by atoms with Gasteiger partial charge in [-0.1, -0.05) is 12.1 Å². The summed E-state index contributed by atoms with van der Waals surface area (Å²) in [7, 11) is 3.99. The first kappa shape index (κ1) is 10.5. The van der Waals surface area contributed by atoms with E-state index in [0.29, 0.717) is 17.7 Å². The highest BCUT2D eigenvalue weighted by molar-refractivity contribution is 5.40. The third-order valence-corrected chi connectivity index (χ3v) is 2.86. The molecule has 0 amide bonds. The van der Waals surface area contributed by atoms with Crippen molar-refractivity contribution >= 4 is 0 Å². The summed E-state index contributed by atoms with van der Waals surface area (Å²) in [6.45, 7) is 0.766. The molecule has 0 spiro atoms. The fourth-order valence-corrected chi connectivity index (χ4v) is 1.90. The topological polar surface area (TPSA) is 49.5 Å².